The summed E-state index contributed by atoms with van der Waals surface area (Å²) in [6.07, 6.45) is 1.67. The highest BCUT2D eigenvalue weighted by atomic mass is 31.2. The zero-order valence-electron chi connectivity index (χ0n) is 6.29. The molecule has 0 fully saturated rings. The van der Waals surface area contributed by atoms with E-state index in [0.29, 0.717) is 5.31 Å². The summed E-state index contributed by atoms with van der Waals surface area (Å²) >= 11 is 0. The summed E-state index contributed by atoms with van der Waals surface area (Å²) in [6.45, 7) is 5.12. The summed E-state index contributed by atoms with van der Waals surface area (Å²) in [5.41, 5.74) is -0.575. The quantitative estimate of drug-likeness (QED) is 0.553. The Morgan fingerprint density at radius 1 is 1.70 bits per heavy atom. The fourth-order valence-corrected chi connectivity index (χ4v) is 2.31. The van der Waals surface area contributed by atoms with Gasteiger partial charge >= 0.3 is 7.60 Å². The molecule has 0 saturated heterocycles. The highest BCUT2D eigenvalue weighted by molar-refractivity contribution is 7.57. The van der Waals surface area contributed by atoms with Crippen molar-refractivity contribution in [1.82, 2.24) is 0 Å². The maximum absolute atomic E-state index is 11.0. The lowest BCUT2D eigenvalue weighted by Crippen LogP contribution is -2.14. The third kappa shape index (κ3) is 1.31. The smallest absolute Gasteiger partial charge is 0.321 e. The zero-order valence-corrected chi connectivity index (χ0v) is 7.18. The molecule has 1 aliphatic heterocycles. The standard InChI is InChI=1S/C6H11O3P/c1-5-4-6(2,3)9-10(5,7)8/h4H,1-3H3,(H,7,8). The Morgan fingerprint density at radius 2 is 2.20 bits per heavy atom. The van der Waals surface area contributed by atoms with Gasteiger partial charge < -0.3 is 4.89 Å². The Hall–Kier alpha value is -0.110. The monoisotopic (exact) mass is 162 g/mol. The molecule has 1 rings (SSSR count). The van der Waals surface area contributed by atoms with E-state index in [9.17, 15) is 4.57 Å². The summed E-state index contributed by atoms with van der Waals surface area (Å²) in [4.78, 5) is 9.06. The zero-order chi connectivity index (χ0) is 7.99. The van der Waals surface area contributed by atoms with Crippen molar-refractivity contribution >= 4 is 7.60 Å². The molecule has 0 aliphatic carbocycles. The molecule has 0 aromatic heterocycles. The van der Waals surface area contributed by atoms with E-state index < -0.39 is 13.2 Å². The molecule has 0 bridgehead atoms. The highest BCUT2D eigenvalue weighted by Crippen LogP contribution is 2.59. The second-order valence-corrected chi connectivity index (χ2v) is 4.93. The van der Waals surface area contributed by atoms with Crippen LogP contribution < -0.4 is 0 Å². The van der Waals surface area contributed by atoms with Gasteiger partial charge in [0.15, 0.2) is 0 Å². The van der Waals surface area contributed by atoms with Crippen molar-refractivity contribution in [3.63, 3.8) is 0 Å². The van der Waals surface area contributed by atoms with Gasteiger partial charge in [0.05, 0.1) is 5.60 Å². The van der Waals surface area contributed by atoms with Gasteiger partial charge in [-0.15, -0.1) is 0 Å². The molecule has 1 unspecified atom stereocenters. The highest BCUT2D eigenvalue weighted by Gasteiger charge is 2.38. The van der Waals surface area contributed by atoms with Crippen LogP contribution in [0.5, 0.6) is 0 Å². The van der Waals surface area contributed by atoms with Gasteiger partial charge in [0.1, 0.15) is 0 Å². The normalized spacial score (nSPS) is 37.8. The molecule has 1 heterocycles. The van der Waals surface area contributed by atoms with Crippen LogP contribution in [-0.4, -0.2) is 10.5 Å². The first-order valence-corrected chi connectivity index (χ1v) is 4.65. The first kappa shape index (κ1) is 7.99. The van der Waals surface area contributed by atoms with Crippen LogP contribution in [0.4, 0.5) is 0 Å². The fourth-order valence-electron chi connectivity index (χ4n) is 1.00. The predicted octanol–water partition coefficient (Wildman–Crippen LogP) is 1.88. The van der Waals surface area contributed by atoms with Gasteiger partial charge in [-0.3, -0.25) is 9.09 Å². The van der Waals surface area contributed by atoms with Crippen LogP contribution in [-0.2, 0) is 9.09 Å². The van der Waals surface area contributed by atoms with Gasteiger partial charge in [-0.25, -0.2) is 0 Å². The fraction of sp³-hybridized carbons (Fsp3) is 0.667. The van der Waals surface area contributed by atoms with Gasteiger partial charge in [0.2, 0.25) is 0 Å². The molecule has 0 aromatic rings. The SMILES string of the molecule is CC1=CC(C)(C)OP1(=O)O. The summed E-state index contributed by atoms with van der Waals surface area (Å²) in [5.74, 6) is 0. The van der Waals surface area contributed by atoms with Gasteiger partial charge in [0.25, 0.3) is 0 Å². The molecular weight excluding hydrogens is 151 g/mol. The summed E-state index contributed by atoms with van der Waals surface area (Å²) in [5, 5.41) is 0.442. The number of hydrogen-bond donors (Lipinski definition) is 1. The van der Waals surface area contributed by atoms with Crippen LogP contribution >= 0.6 is 7.60 Å². The Bertz CT molecular complexity index is 229. The molecule has 0 saturated carbocycles. The van der Waals surface area contributed by atoms with Crippen molar-refractivity contribution in [2.24, 2.45) is 0 Å². The van der Waals surface area contributed by atoms with E-state index in [2.05, 4.69) is 0 Å². The van der Waals surface area contributed by atoms with Gasteiger partial charge in [-0.1, -0.05) is 0 Å². The summed E-state index contributed by atoms with van der Waals surface area (Å²) in [6, 6.07) is 0. The minimum Gasteiger partial charge on any atom is -0.321 e. The van der Waals surface area contributed by atoms with Gasteiger partial charge in [-0.2, -0.15) is 0 Å². The van der Waals surface area contributed by atoms with Crippen LogP contribution in [0, 0.1) is 0 Å². The van der Waals surface area contributed by atoms with E-state index in [4.69, 9.17) is 9.42 Å². The van der Waals surface area contributed by atoms with Crippen LogP contribution in [0.1, 0.15) is 20.8 Å². The first-order valence-electron chi connectivity index (χ1n) is 3.07. The molecule has 0 spiro atoms. The predicted molar refractivity (Wildman–Crippen MR) is 38.7 cm³/mol. The van der Waals surface area contributed by atoms with E-state index >= 15 is 0 Å². The summed E-state index contributed by atoms with van der Waals surface area (Å²) < 4.78 is 15.9. The van der Waals surface area contributed by atoms with Crippen LogP contribution in [0.2, 0.25) is 0 Å². The number of allylic oxidation sites excluding steroid dienone is 1. The molecule has 10 heavy (non-hydrogen) atoms. The average molecular weight is 162 g/mol. The van der Waals surface area contributed by atoms with Crippen molar-refractivity contribution in [2.75, 3.05) is 0 Å². The van der Waals surface area contributed by atoms with Crippen molar-refractivity contribution < 1.29 is 14.0 Å². The van der Waals surface area contributed by atoms with E-state index in [0.717, 1.165) is 0 Å². The molecule has 0 aromatic carbocycles. The van der Waals surface area contributed by atoms with E-state index in [-0.39, 0.29) is 0 Å². The Kier molecular flexibility index (Phi) is 1.55. The van der Waals surface area contributed by atoms with Crippen LogP contribution in [0.3, 0.4) is 0 Å². The lowest BCUT2D eigenvalue weighted by atomic mass is 10.1. The lowest BCUT2D eigenvalue weighted by molar-refractivity contribution is 0.154. The Labute approximate surface area is 60.2 Å². The maximum atomic E-state index is 11.0. The van der Waals surface area contributed by atoms with Gasteiger partial charge in [0, 0.05) is 5.31 Å². The van der Waals surface area contributed by atoms with E-state index in [1.807, 2.05) is 0 Å². The molecular formula is C6H11O3P. The minimum absolute atomic E-state index is 0.442. The summed E-state index contributed by atoms with van der Waals surface area (Å²) in [7, 11) is -3.39. The second-order valence-electron chi connectivity index (χ2n) is 3.00. The maximum Gasteiger partial charge on any atom is 0.355 e. The molecule has 1 N–H and O–H groups in total. The Morgan fingerprint density at radius 3 is 2.30 bits per heavy atom. The average Bonchev–Trinajstić information content (AvgIpc) is 1.73. The van der Waals surface area contributed by atoms with Crippen LogP contribution in [0.15, 0.2) is 11.4 Å². The molecule has 0 amide bonds. The van der Waals surface area contributed by atoms with Crippen molar-refractivity contribution in [1.29, 1.82) is 0 Å². The van der Waals surface area contributed by atoms with Crippen LogP contribution in [0.25, 0.3) is 0 Å². The molecule has 0 radical (unpaired) electrons. The lowest BCUT2D eigenvalue weighted by Gasteiger charge is -2.15. The molecule has 1 aliphatic rings. The largest absolute Gasteiger partial charge is 0.355 e. The van der Waals surface area contributed by atoms with Crippen molar-refractivity contribution in [3.05, 3.63) is 11.4 Å². The van der Waals surface area contributed by atoms with E-state index in [1.54, 1.807) is 26.8 Å². The molecule has 1 atom stereocenters. The molecule has 58 valence electrons. The topological polar surface area (TPSA) is 46.5 Å². The third-order valence-corrected chi connectivity index (χ3v) is 3.10. The number of hydrogen-bond acceptors (Lipinski definition) is 2. The third-order valence-electron chi connectivity index (χ3n) is 1.36. The second kappa shape index (κ2) is 1.94. The molecule has 4 heteroatoms. The Balaban J connectivity index is 3.00. The molecule has 3 nitrogen and oxygen atoms in total. The minimum atomic E-state index is -3.39. The number of rotatable bonds is 0. The van der Waals surface area contributed by atoms with E-state index in [1.165, 1.54) is 0 Å². The van der Waals surface area contributed by atoms with Gasteiger partial charge in [-0.05, 0) is 26.8 Å². The van der Waals surface area contributed by atoms with Crippen molar-refractivity contribution in [3.8, 4) is 0 Å². The first-order chi connectivity index (χ1) is 4.33. The van der Waals surface area contributed by atoms with Crippen molar-refractivity contribution in [2.45, 2.75) is 26.4 Å².